The molecular weight excluding hydrogens is 231 g/mol. The molecule has 0 aliphatic carbocycles. The highest BCUT2D eigenvalue weighted by Crippen LogP contribution is 2.31. The molecule has 0 fully saturated rings. The van der Waals surface area contributed by atoms with Gasteiger partial charge in [0.1, 0.15) is 5.75 Å². The molecule has 0 atom stereocenters. The van der Waals surface area contributed by atoms with Gasteiger partial charge < -0.3 is 4.52 Å². The van der Waals surface area contributed by atoms with E-state index in [0.29, 0.717) is 5.75 Å². The second-order valence-corrected chi connectivity index (χ2v) is 4.17. The van der Waals surface area contributed by atoms with E-state index in [1.165, 1.54) is 5.39 Å². The van der Waals surface area contributed by atoms with Gasteiger partial charge in [0, 0.05) is 5.39 Å². The maximum Gasteiger partial charge on any atom is 0.395 e. The van der Waals surface area contributed by atoms with E-state index in [2.05, 4.69) is 24.3 Å². The van der Waals surface area contributed by atoms with Crippen LogP contribution in [0.5, 0.6) is 5.75 Å². The van der Waals surface area contributed by atoms with Crippen molar-refractivity contribution in [3.8, 4) is 5.75 Å². The molecule has 0 aromatic heterocycles. The molecule has 3 aromatic carbocycles. The van der Waals surface area contributed by atoms with Gasteiger partial charge in [0.2, 0.25) is 0 Å². The van der Waals surface area contributed by atoms with Gasteiger partial charge in [-0.2, -0.15) is 0 Å². The Morgan fingerprint density at radius 1 is 0.824 bits per heavy atom. The van der Waals surface area contributed by atoms with Crippen LogP contribution >= 0.6 is 8.69 Å². The SMILES string of the molecule is O=POc1cccc2cc3ccccc3cc12. The van der Waals surface area contributed by atoms with Crippen LogP contribution in [0.3, 0.4) is 0 Å². The summed E-state index contributed by atoms with van der Waals surface area (Å²) in [5.74, 6) is 0.643. The molecule has 0 aliphatic heterocycles. The summed E-state index contributed by atoms with van der Waals surface area (Å²) in [6.07, 6.45) is 0. The molecule has 0 spiro atoms. The second-order valence-electron chi connectivity index (χ2n) is 3.84. The molecule has 0 bridgehead atoms. The van der Waals surface area contributed by atoms with Gasteiger partial charge in [0.15, 0.2) is 0 Å². The fourth-order valence-electron chi connectivity index (χ4n) is 2.06. The molecule has 0 aliphatic rings. The Bertz CT molecular complexity index is 707. The van der Waals surface area contributed by atoms with Crippen LogP contribution in [0.1, 0.15) is 0 Å². The molecule has 3 rings (SSSR count). The third kappa shape index (κ3) is 1.77. The molecule has 3 heteroatoms. The van der Waals surface area contributed by atoms with Crippen molar-refractivity contribution >= 4 is 30.2 Å². The Hall–Kier alpha value is -1.92. The van der Waals surface area contributed by atoms with E-state index in [1.807, 2.05) is 30.3 Å². The first-order valence-electron chi connectivity index (χ1n) is 5.30. The van der Waals surface area contributed by atoms with E-state index in [9.17, 15) is 4.57 Å². The summed E-state index contributed by atoms with van der Waals surface area (Å²) < 4.78 is 15.6. The molecule has 0 radical (unpaired) electrons. The summed E-state index contributed by atoms with van der Waals surface area (Å²) in [4.78, 5) is 0. The van der Waals surface area contributed by atoms with Crippen LogP contribution in [0.25, 0.3) is 21.5 Å². The smallest absolute Gasteiger partial charge is 0.395 e. The first-order chi connectivity index (χ1) is 8.38. The lowest BCUT2D eigenvalue weighted by atomic mass is 10.0. The molecule has 3 aromatic rings. The van der Waals surface area contributed by atoms with Crippen molar-refractivity contribution in [1.29, 1.82) is 0 Å². The third-order valence-electron chi connectivity index (χ3n) is 2.84. The highest BCUT2D eigenvalue weighted by Gasteiger charge is 2.03. The maximum atomic E-state index is 10.6. The minimum absolute atomic E-state index is 0.325. The van der Waals surface area contributed by atoms with E-state index in [1.54, 1.807) is 0 Å². The van der Waals surface area contributed by atoms with Gasteiger partial charge >= 0.3 is 8.69 Å². The lowest BCUT2D eigenvalue weighted by Crippen LogP contribution is -1.80. The molecule has 17 heavy (non-hydrogen) atoms. The molecular formula is C14H9O2P. The summed E-state index contributed by atoms with van der Waals surface area (Å²) >= 11 is 0. The van der Waals surface area contributed by atoms with Crippen molar-refractivity contribution in [2.24, 2.45) is 0 Å². The van der Waals surface area contributed by atoms with Crippen LogP contribution in [0.15, 0.2) is 54.6 Å². The van der Waals surface area contributed by atoms with Crippen LogP contribution in [0.4, 0.5) is 0 Å². The molecule has 82 valence electrons. The zero-order valence-corrected chi connectivity index (χ0v) is 9.85. The highest BCUT2D eigenvalue weighted by atomic mass is 31.1. The van der Waals surface area contributed by atoms with Gasteiger partial charge in [-0.25, -0.2) is 4.57 Å². The summed E-state index contributed by atoms with van der Waals surface area (Å²) in [5.41, 5.74) is 0. The molecule has 0 unspecified atom stereocenters. The van der Waals surface area contributed by atoms with Crippen molar-refractivity contribution < 1.29 is 9.09 Å². The Labute approximate surface area is 100 Å². The largest absolute Gasteiger partial charge is 0.407 e. The molecule has 0 saturated carbocycles. The number of rotatable bonds is 2. The number of hydrogen-bond donors (Lipinski definition) is 0. The number of benzene rings is 3. The van der Waals surface area contributed by atoms with Crippen molar-refractivity contribution in [3.05, 3.63) is 54.6 Å². The van der Waals surface area contributed by atoms with Crippen molar-refractivity contribution in [3.63, 3.8) is 0 Å². The maximum absolute atomic E-state index is 10.6. The molecule has 0 heterocycles. The van der Waals surface area contributed by atoms with Crippen molar-refractivity contribution in [1.82, 2.24) is 0 Å². The monoisotopic (exact) mass is 240 g/mol. The summed E-state index contributed by atoms with van der Waals surface area (Å²) in [6.45, 7) is 0. The summed E-state index contributed by atoms with van der Waals surface area (Å²) in [6, 6.07) is 18.1. The van der Waals surface area contributed by atoms with E-state index >= 15 is 0 Å². The van der Waals surface area contributed by atoms with E-state index in [-0.39, 0.29) is 8.69 Å². The van der Waals surface area contributed by atoms with Gasteiger partial charge in [0.05, 0.1) is 0 Å². The predicted molar refractivity (Wildman–Crippen MR) is 69.7 cm³/mol. The first-order valence-corrected chi connectivity index (χ1v) is 6.03. The average molecular weight is 240 g/mol. The zero-order valence-electron chi connectivity index (χ0n) is 8.96. The highest BCUT2D eigenvalue weighted by molar-refractivity contribution is 7.17. The third-order valence-corrected chi connectivity index (χ3v) is 3.11. The Morgan fingerprint density at radius 2 is 1.53 bits per heavy atom. The summed E-state index contributed by atoms with van der Waals surface area (Å²) in [5, 5.41) is 4.41. The van der Waals surface area contributed by atoms with Gasteiger partial charge in [-0.05, 0) is 34.4 Å². The minimum Gasteiger partial charge on any atom is -0.407 e. The van der Waals surface area contributed by atoms with Crippen molar-refractivity contribution in [2.45, 2.75) is 0 Å². The quantitative estimate of drug-likeness (QED) is 0.484. The Morgan fingerprint density at radius 3 is 2.29 bits per heavy atom. The predicted octanol–water partition coefficient (Wildman–Crippen LogP) is 4.58. The van der Waals surface area contributed by atoms with E-state index in [0.717, 1.165) is 16.2 Å². The minimum atomic E-state index is -0.325. The lowest BCUT2D eigenvalue weighted by molar-refractivity contribution is 0.528. The van der Waals surface area contributed by atoms with Crippen LogP contribution in [0, 0.1) is 0 Å². The lowest BCUT2D eigenvalue weighted by Gasteiger charge is -2.05. The van der Waals surface area contributed by atoms with Crippen molar-refractivity contribution in [2.75, 3.05) is 0 Å². The van der Waals surface area contributed by atoms with E-state index in [4.69, 9.17) is 4.52 Å². The molecule has 0 N–H and O–H groups in total. The standard InChI is InChI=1S/C14H9O2P/c15-17-16-14-7-3-6-12-8-10-4-1-2-5-11(10)9-13(12)14/h1-9H. The summed E-state index contributed by atoms with van der Waals surface area (Å²) in [7, 11) is -0.325. The normalized spacial score (nSPS) is 11.1. The van der Waals surface area contributed by atoms with E-state index < -0.39 is 0 Å². The Kier molecular flexibility index (Phi) is 2.50. The average Bonchev–Trinajstić information content (AvgIpc) is 2.37. The van der Waals surface area contributed by atoms with Crippen LogP contribution in [-0.2, 0) is 4.57 Å². The first kappa shape index (κ1) is 10.2. The van der Waals surface area contributed by atoms with Gasteiger partial charge in [-0.3, -0.25) is 0 Å². The van der Waals surface area contributed by atoms with Gasteiger partial charge in [-0.15, -0.1) is 0 Å². The number of fused-ring (bicyclic) bond motifs is 2. The number of hydrogen-bond acceptors (Lipinski definition) is 2. The molecule has 0 saturated heterocycles. The molecule has 0 amide bonds. The zero-order chi connectivity index (χ0) is 11.7. The fraction of sp³-hybridized carbons (Fsp3) is 0. The van der Waals surface area contributed by atoms with Crippen LogP contribution in [0.2, 0.25) is 0 Å². The fourth-order valence-corrected chi connectivity index (χ4v) is 2.30. The van der Waals surface area contributed by atoms with Gasteiger partial charge in [0.25, 0.3) is 0 Å². The van der Waals surface area contributed by atoms with Gasteiger partial charge in [-0.1, -0.05) is 36.4 Å². The Balaban J connectivity index is 2.39. The van der Waals surface area contributed by atoms with Crippen LogP contribution < -0.4 is 4.52 Å². The van der Waals surface area contributed by atoms with Crippen LogP contribution in [-0.4, -0.2) is 0 Å². The second kappa shape index (κ2) is 4.15. The molecule has 2 nitrogen and oxygen atoms in total. The topological polar surface area (TPSA) is 26.3 Å².